The van der Waals surface area contributed by atoms with Gasteiger partial charge < -0.3 is 9.88 Å². The van der Waals surface area contributed by atoms with Crippen LogP contribution < -0.4 is 5.32 Å². The third kappa shape index (κ3) is 2.37. The molecule has 2 heterocycles. The zero-order valence-corrected chi connectivity index (χ0v) is 13.9. The standard InChI is InChI=1S/C18H22N4O2/c1-2-21-15-10-6-5-9-14(15)19-16(21)11-22-17(23)12-7-3-4-8-13(12)20-18(22)24/h5-6,9-10,12-13H,2-4,7-8,11H2,1H3,(H,20,24)/t12-,13+/m0/s1. The highest BCUT2D eigenvalue weighted by Crippen LogP contribution is 2.30. The molecule has 0 bridgehead atoms. The predicted molar refractivity (Wildman–Crippen MR) is 90.2 cm³/mol. The van der Waals surface area contributed by atoms with E-state index in [0.29, 0.717) is 0 Å². The minimum absolute atomic E-state index is 0.0139. The second kappa shape index (κ2) is 5.92. The highest BCUT2D eigenvalue weighted by molar-refractivity contribution is 5.98. The lowest BCUT2D eigenvalue weighted by molar-refractivity contribution is -0.137. The van der Waals surface area contributed by atoms with Gasteiger partial charge in [-0.1, -0.05) is 25.0 Å². The fraction of sp³-hybridized carbons (Fsp3) is 0.500. The van der Waals surface area contributed by atoms with Crippen LogP contribution in [0, 0.1) is 5.92 Å². The summed E-state index contributed by atoms with van der Waals surface area (Å²) in [5.74, 6) is 0.644. The van der Waals surface area contributed by atoms with E-state index in [2.05, 4.69) is 14.9 Å². The summed E-state index contributed by atoms with van der Waals surface area (Å²) in [6, 6.07) is 7.64. The Kier molecular flexibility index (Phi) is 3.75. The van der Waals surface area contributed by atoms with Crippen molar-refractivity contribution >= 4 is 23.0 Å². The Bertz CT molecular complexity index is 797. The van der Waals surface area contributed by atoms with Crippen molar-refractivity contribution in [2.45, 2.75) is 51.7 Å². The Morgan fingerprint density at radius 1 is 1.21 bits per heavy atom. The van der Waals surface area contributed by atoms with Crippen molar-refractivity contribution in [1.29, 1.82) is 0 Å². The molecule has 4 rings (SSSR count). The van der Waals surface area contributed by atoms with Gasteiger partial charge in [0.2, 0.25) is 5.91 Å². The number of imide groups is 1. The third-order valence-electron chi connectivity index (χ3n) is 5.25. The normalized spacial score (nSPS) is 24.1. The maximum Gasteiger partial charge on any atom is 0.324 e. The van der Waals surface area contributed by atoms with Gasteiger partial charge in [0.25, 0.3) is 0 Å². The molecule has 3 amide bonds. The summed E-state index contributed by atoms with van der Waals surface area (Å²) in [5, 5.41) is 3.02. The van der Waals surface area contributed by atoms with E-state index in [4.69, 9.17) is 0 Å². The number of aryl methyl sites for hydroxylation is 1. The van der Waals surface area contributed by atoms with Crippen molar-refractivity contribution in [3.05, 3.63) is 30.1 Å². The molecule has 1 saturated carbocycles. The minimum Gasteiger partial charge on any atom is -0.334 e. The molecular weight excluding hydrogens is 304 g/mol. The molecular formula is C18H22N4O2. The van der Waals surface area contributed by atoms with Gasteiger partial charge in [-0.3, -0.25) is 9.69 Å². The van der Waals surface area contributed by atoms with Crippen LogP contribution >= 0.6 is 0 Å². The number of nitrogens with one attached hydrogen (secondary N) is 1. The van der Waals surface area contributed by atoms with Gasteiger partial charge in [-0.15, -0.1) is 0 Å². The number of carbonyl (C=O) groups is 2. The van der Waals surface area contributed by atoms with Crippen LogP contribution in [0.4, 0.5) is 4.79 Å². The minimum atomic E-state index is -0.280. The van der Waals surface area contributed by atoms with Crippen LogP contribution in [0.1, 0.15) is 38.4 Å². The lowest BCUT2D eigenvalue weighted by Crippen LogP contribution is -2.60. The van der Waals surface area contributed by atoms with Gasteiger partial charge in [-0.2, -0.15) is 0 Å². The summed E-state index contributed by atoms with van der Waals surface area (Å²) < 4.78 is 2.07. The number of benzene rings is 1. The van der Waals surface area contributed by atoms with E-state index in [9.17, 15) is 9.59 Å². The second-order valence-corrected chi connectivity index (χ2v) is 6.63. The van der Waals surface area contributed by atoms with Gasteiger partial charge in [0.1, 0.15) is 5.82 Å². The zero-order valence-electron chi connectivity index (χ0n) is 13.9. The predicted octanol–water partition coefficient (Wildman–Crippen LogP) is 2.67. The van der Waals surface area contributed by atoms with Crippen molar-refractivity contribution in [2.75, 3.05) is 0 Å². The van der Waals surface area contributed by atoms with E-state index in [-0.39, 0.29) is 30.4 Å². The number of imidazole rings is 1. The molecule has 2 aromatic rings. The monoisotopic (exact) mass is 326 g/mol. The second-order valence-electron chi connectivity index (χ2n) is 6.63. The number of urea groups is 1. The first kappa shape index (κ1) is 15.2. The molecule has 24 heavy (non-hydrogen) atoms. The summed E-state index contributed by atoms with van der Waals surface area (Å²) in [6.45, 7) is 3.04. The van der Waals surface area contributed by atoms with E-state index < -0.39 is 0 Å². The largest absolute Gasteiger partial charge is 0.334 e. The fourth-order valence-electron chi connectivity index (χ4n) is 4.03. The molecule has 126 valence electrons. The molecule has 2 fully saturated rings. The number of hydrogen-bond donors (Lipinski definition) is 1. The van der Waals surface area contributed by atoms with E-state index in [1.165, 1.54) is 4.90 Å². The van der Waals surface area contributed by atoms with E-state index in [0.717, 1.165) is 49.1 Å². The quantitative estimate of drug-likeness (QED) is 0.943. The molecule has 1 aromatic carbocycles. The molecule has 1 aromatic heterocycles. The highest BCUT2D eigenvalue weighted by atomic mass is 16.2. The number of para-hydroxylation sites is 2. The first-order valence-corrected chi connectivity index (χ1v) is 8.75. The highest BCUT2D eigenvalue weighted by Gasteiger charge is 2.42. The van der Waals surface area contributed by atoms with Gasteiger partial charge in [0.15, 0.2) is 0 Å². The van der Waals surface area contributed by atoms with E-state index in [1.807, 2.05) is 31.2 Å². The maximum absolute atomic E-state index is 12.8. The van der Waals surface area contributed by atoms with Gasteiger partial charge in [0.05, 0.1) is 23.5 Å². The van der Waals surface area contributed by atoms with Gasteiger partial charge in [-0.05, 0) is 31.9 Å². The van der Waals surface area contributed by atoms with E-state index in [1.54, 1.807) is 0 Å². The Morgan fingerprint density at radius 3 is 2.83 bits per heavy atom. The topological polar surface area (TPSA) is 67.2 Å². The van der Waals surface area contributed by atoms with Crippen molar-refractivity contribution in [1.82, 2.24) is 19.8 Å². The number of amides is 3. The molecule has 6 heteroatoms. The summed E-state index contributed by atoms with van der Waals surface area (Å²) in [6.07, 6.45) is 3.92. The first-order chi connectivity index (χ1) is 11.7. The summed E-state index contributed by atoms with van der Waals surface area (Å²) in [4.78, 5) is 31.2. The van der Waals surface area contributed by atoms with Crippen LogP contribution in [-0.2, 0) is 17.9 Å². The van der Waals surface area contributed by atoms with Crippen LogP contribution in [0.5, 0.6) is 0 Å². The molecule has 1 N–H and O–H groups in total. The number of nitrogens with zero attached hydrogens (tertiary/aromatic N) is 3. The third-order valence-corrected chi connectivity index (χ3v) is 5.25. The van der Waals surface area contributed by atoms with Crippen molar-refractivity contribution < 1.29 is 9.59 Å². The Morgan fingerprint density at radius 2 is 2.00 bits per heavy atom. The SMILES string of the molecule is CCn1c(CN2C(=O)N[C@@H]3CCCC[C@@H]3C2=O)nc2ccccc21. The Hall–Kier alpha value is -2.37. The number of aromatic nitrogens is 2. The molecule has 1 aliphatic carbocycles. The molecule has 0 spiro atoms. The molecule has 0 radical (unpaired) electrons. The van der Waals surface area contributed by atoms with Crippen LogP contribution in [0.25, 0.3) is 11.0 Å². The molecule has 6 nitrogen and oxygen atoms in total. The molecule has 1 saturated heterocycles. The van der Waals surface area contributed by atoms with Crippen LogP contribution in [-0.4, -0.2) is 32.4 Å². The summed E-state index contributed by atoms with van der Waals surface area (Å²) in [5.41, 5.74) is 1.94. The van der Waals surface area contributed by atoms with E-state index >= 15 is 0 Å². The number of rotatable bonds is 3. The van der Waals surface area contributed by atoms with Gasteiger partial charge in [0, 0.05) is 12.6 Å². The smallest absolute Gasteiger partial charge is 0.324 e. The molecule has 2 atom stereocenters. The number of fused-ring (bicyclic) bond motifs is 2. The van der Waals surface area contributed by atoms with Crippen molar-refractivity contribution in [3.63, 3.8) is 0 Å². The number of carbonyl (C=O) groups excluding carboxylic acids is 2. The molecule has 1 aliphatic heterocycles. The van der Waals surface area contributed by atoms with Crippen LogP contribution in [0.3, 0.4) is 0 Å². The van der Waals surface area contributed by atoms with Crippen molar-refractivity contribution in [2.24, 2.45) is 5.92 Å². The zero-order chi connectivity index (χ0) is 16.7. The Balaban J connectivity index is 1.65. The van der Waals surface area contributed by atoms with Gasteiger partial charge >= 0.3 is 6.03 Å². The number of hydrogen-bond acceptors (Lipinski definition) is 3. The average Bonchev–Trinajstić information content (AvgIpc) is 2.95. The summed E-state index contributed by atoms with van der Waals surface area (Å²) >= 11 is 0. The Labute approximate surface area is 140 Å². The fourth-order valence-corrected chi connectivity index (χ4v) is 4.03. The van der Waals surface area contributed by atoms with Crippen LogP contribution in [0.15, 0.2) is 24.3 Å². The summed E-state index contributed by atoms with van der Waals surface area (Å²) in [7, 11) is 0. The van der Waals surface area contributed by atoms with Crippen molar-refractivity contribution in [3.8, 4) is 0 Å². The van der Waals surface area contributed by atoms with Crippen LogP contribution in [0.2, 0.25) is 0 Å². The average molecular weight is 326 g/mol. The molecule has 2 aliphatic rings. The molecule has 0 unspecified atom stereocenters. The van der Waals surface area contributed by atoms with Gasteiger partial charge in [-0.25, -0.2) is 9.78 Å². The maximum atomic E-state index is 12.8. The lowest BCUT2D eigenvalue weighted by atomic mass is 9.82. The lowest BCUT2D eigenvalue weighted by Gasteiger charge is -2.39. The first-order valence-electron chi connectivity index (χ1n) is 8.75.